The summed E-state index contributed by atoms with van der Waals surface area (Å²) in [5, 5.41) is 4.51. The minimum atomic E-state index is 0.0459. The number of nitrogens with zero attached hydrogens (tertiary/aromatic N) is 2. The second-order valence-corrected chi connectivity index (χ2v) is 5.85. The number of benzene rings is 1. The minimum Gasteiger partial charge on any atom is -0.361 e. The van der Waals surface area contributed by atoms with Crippen LogP contribution in [0, 0.1) is 6.92 Å². The third kappa shape index (κ3) is 4.88. The van der Waals surface area contributed by atoms with Crippen LogP contribution in [0.2, 0.25) is 5.02 Å². The molecule has 4 nitrogen and oxygen atoms in total. The van der Waals surface area contributed by atoms with Crippen LogP contribution in [0.5, 0.6) is 0 Å². The first kappa shape index (κ1) is 16.6. The molecule has 0 fully saturated rings. The molecule has 0 saturated carbocycles. The number of aryl methyl sites for hydroxylation is 1. The van der Waals surface area contributed by atoms with Crippen molar-refractivity contribution in [1.82, 2.24) is 10.1 Å². The van der Waals surface area contributed by atoms with E-state index in [1.54, 1.807) is 6.07 Å². The third-order valence-corrected chi connectivity index (χ3v) is 3.63. The quantitative estimate of drug-likeness (QED) is 0.774. The zero-order valence-electron chi connectivity index (χ0n) is 13.0. The van der Waals surface area contributed by atoms with E-state index in [4.69, 9.17) is 16.1 Å². The third-order valence-electron chi connectivity index (χ3n) is 3.40. The van der Waals surface area contributed by atoms with Gasteiger partial charge in [-0.25, -0.2) is 0 Å². The van der Waals surface area contributed by atoms with Crippen molar-refractivity contribution in [1.29, 1.82) is 0 Å². The van der Waals surface area contributed by atoms with Crippen molar-refractivity contribution in [2.24, 2.45) is 0 Å². The van der Waals surface area contributed by atoms with Gasteiger partial charge in [-0.2, -0.15) is 0 Å². The first-order chi connectivity index (χ1) is 10.6. The molecule has 1 aromatic heterocycles. The maximum Gasteiger partial charge on any atom is 0.230 e. The van der Waals surface area contributed by atoms with Crippen LogP contribution in [0.3, 0.4) is 0 Å². The number of unbranched alkanes of at least 4 members (excludes halogenated alkanes) is 1. The molecular weight excluding hydrogens is 300 g/mol. The topological polar surface area (TPSA) is 46.3 Å². The summed E-state index contributed by atoms with van der Waals surface area (Å²) in [5.41, 5.74) is 1.82. The van der Waals surface area contributed by atoms with E-state index in [0.29, 0.717) is 17.3 Å². The minimum absolute atomic E-state index is 0.0459. The summed E-state index contributed by atoms with van der Waals surface area (Å²) in [7, 11) is 0. The van der Waals surface area contributed by atoms with E-state index < -0.39 is 0 Å². The van der Waals surface area contributed by atoms with Gasteiger partial charge in [-0.05, 0) is 31.0 Å². The van der Waals surface area contributed by atoms with E-state index in [1.165, 1.54) is 0 Å². The van der Waals surface area contributed by atoms with Crippen molar-refractivity contribution in [3.63, 3.8) is 0 Å². The fourth-order valence-corrected chi connectivity index (χ4v) is 2.47. The first-order valence-corrected chi connectivity index (χ1v) is 7.90. The van der Waals surface area contributed by atoms with Gasteiger partial charge in [-0.1, -0.05) is 42.2 Å². The molecule has 1 amide bonds. The lowest BCUT2D eigenvalue weighted by Gasteiger charge is -2.22. The molecule has 0 radical (unpaired) electrons. The van der Waals surface area contributed by atoms with Crippen LogP contribution in [-0.4, -0.2) is 22.5 Å². The Morgan fingerprint density at radius 3 is 2.82 bits per heavy atom. The Morgan fingerprint density at radius 2 is 2.18 bits per heavy atom. The normalized spacial score (nSPS) is 10.7. The molecule has 5 heteroatoms. The van der Waals surface area contributed by atoms with Crippen LogP contribution in [0.4, 0.5) is 0 Å². The first-order valence-electron chi connectivity index (χ1n) is 7.53. The molecule has 0 aliphatic heterocycles. The van der Waals surface area contributed by atoms with Crippen molar-refractivity contribution in [3.8, 4) is 0 Å². The maximum absolute atomic E-state index is 12.5. The molecule has 118 valence electrons. The van der Waals surface area contributed by atoms with Crippen LogP contribution < -0.4 is 0 Å². The van der Waals surface area contributed by atoms with Gasteiger partial charge in [0.05, 0.1) is 12.1 Å². The number of amides is 1. The predicted molar refractivity (Wildman–Crippen MR) is 86.7 cm³/mol. The largest absolute Gasteiger partial charge is 0.361 e. The molecule has 0 N–H and O–H groups in total. The summed E-state index contributed by atoms with van der Waals surface area (Å²) >= 11 is 6.02. The lowest BCUT2D eigenvalue weighted by Crippen LogP contribution is -2.32. The highest BCUT2D eigenvalue weighted by molar-refractivity contribution is 6.30. The molecule has 0 atom stereocenters. The van der Waals surface area contributed by atoms with Gasteiger partial charge in [-0.15, -0.1) is 0 Å². The molecule has 0 bridgehead atoms. The number of carbonyl (C=O) groups is 1. The lowest BCUT2D eigenvalue weighted by atomic mass is 10.2. The van der Waals surface area contributed by atoms with E-state index in [1.807, 2.05) is 36.1 Å². The second-order valence-electron chi connectivity index (χ2n) is 5.41. The Balaban J connectivity index is 2.05. The van der Waals surface area contributed by atoms with E-state index in [-0.39, 0.29) is 12.3 Å². The summed E-state index contributed by atoms with van der Waals surface area (Å²) in [6, 6.07) is 9.42. The average molecular weight is 321 g/mol. The van der Waals surface area contributed by atoms with Crippen molar-refractivity contribution in [2.45, 2.75) is 39.7 Å². The van der Waals surface area contributed by atoms with Gasteiger partial charge < -0.3 is 9.42 Å². The van der Waals surface area contributed by atoms with Crippen molar-refractivity contribution in [3.05, 3.63) is 52.4 Å². The molecule has 1 aromatic carbocycles. The number of hydrogen-bond donors (Lipinski definition) is 0. The van der Waals surface area contributed by atoms with Crippen molar-refractivity contribution in [2.75, 3.05) is 6.54 Å². The molecule has 0 saturated heterocycles. The summed E-state index contributed by atoms with van der Waals surface area (Å²) in [6.45, 7) is 5.25. The van der Waals surface area contributed by atoms with Gasteiger partial charge in [0.15, 0.2) is 0 Å². The summed E-state index contributed by atoms with van der Waals surface area (Å²) in [6.07, 6.45) is 2.26. The molecular formula is C17H21ClN2O2. The predicted octanol–water partition coefficient (Wildman–Crippen LogP) is 4.01. The Kier molecular flexibility index (Phi) is 6.01. The Hall–Kier alpha value is -1.81. The number of hydrogen-bond acceptors (Lipinski definition) is 3. The number of carbonyl (C=O) groups excluding carboxylic acids is 1. The number of rotatable bonds is 7. The number of halogens is 1. The monoisotopic (exact) mass is 320 g/mol. The maximum atomic E-state index is 12.5. The van der Waals surface area contributed by atoms with Crippen molar-refractivity contribution >= 4 is 17.5 Å². The molecule has 0 aliphatic rings. The highest BCUT2D eigenvalue weighted by atomic mass is 35.5. The van der Waals surface area contributed by atoms with Crippen LogP contribution in [0.15, 0.2) is 34.9 Å². The molecule has 1 heterocycles. The highest BCUT2D eigenvalue weighted by Gasteiger charge is 2.16. The van der Waals surface area contributed by atoms with Crippen LogP contribution in [0.1, 0.15) is 36.8 Å². The standard InChI is InChI=1S/C17H21ClN2O2/c1-3-4-8-20(12-14-6-5-7-15(18)10-14)17(21)11-16-9-13(2)19-22-16/h5-7,9-10H,3-4,8,11-12H2,1-2H3. The zero-order valence-corrected chi connectivity index (χ0v) is 13.8. The fraction of sp³-hybridized carbons (Fsp3) is 0.412. The van der Waals surface area contributed by atoms with Crippen molar-refractivity contribution < 1.29 is 9.32 Å². The Labute approximate surface area is 136 Å². The summed E-state index contributed by atoms with van der Waals surface area (Å²) in [5.74, 6) is 0.652. The van der Waals surface area contributed by atoms with Gasteiger partial charge in [-0.3, -0.25) is 4.79 Å². The second kappa shape index (κ2) is 7.99. The SMILES string of the molecule is CCCCN(Cc1cccc(Cl)c1)C(=O)Cc1cc(C)no1. The highest BCUT2D eigenvalue weighted by Crippen LogP contribution is 2.14. The van der Waals surface area contributed by atoms with Gasteiger partial charge in [0.1, 0.15) is 5.76 Å². The van der Waals surface area contributed by atoms with E-state index in [2.05, 4.69) is 12.1 Å². The molecule has 0 unspecified atom stereocenters. The molecule has 22 heavy (non-hydrogen) atoms. The van der Waals surface area contributed by atoms with E-state index in [9.17, 15) is 4.79 Å². The van der Waals surface area contributed by atoms with Gasteiger partial charge >= 0.3 is 0 Å². The van der Waals surface area contributed by atoms with Crippen LogP contribution in [-0.2, 0) is 17.8 Å². The average Bonchev–Trinajstić information content (AvgIpc) is 2.88. The van der Waals surface area contributed by atoms with Gasteiger partial charge in [0.25, 0.3) is 0 Å². The Morgan fingerprint density at radius 1 is 1.36 bits per heavy atom. The van der Waals surface area contributed by atoms with Crippen LogP contribution >= 0.6 is 11.6 Å². The van der Waals surface area contributed by atoms with Crippen LogP contribution in [0.25, 0.3) is 0 Å². The molecule has 2 aromatic rings. The smallest absolute Gasteiger partial charge is 0.230 e. The lowest BCUT2D eigenvalue weighted by molar-refractivity contribution is -0.131. The van der Waals surface area contributed by atoms with Gasteiger partial charge in [0.2, 0.25) is 5.91 Å². The van der Waals surface area contributed by atoms with E-state index in [0.717, 1.165) is 30.6 Å². The zero-order chi connectivity index (χ0) is 15.9. The molecule has 0 spiro atoms. The molecule has 2 rings (SSSR count). The Bertz CT molecular complexity index is 625. The summed E-state index contributed by atoms with van der Waals surface area (Å²) < 4.78 is 5.14. The summed E-state index contributed by atoms with van der Waals surface area (Å²) in [4.78, 5) is 14.4. The number of aromatic nitrogens is 1. The molecule has 0 aliphatic carbocycles. The fourth-order valence-electron chi connectivity index (χ4n) is 2.26. The van der Waals surface area contributed by atoms with Gasteiger partial charge in [0, 0.05) is 24.2 Å². The van der Waals surface area contributed by atoms with E-state index >= 15 is 0 Å².